The van der Waals surface area contributed by atoms with Crippen molar-refractivity contribution in [1.29, 1.82) is 0 Å². The van der Waals surface area contributed by atoms with Crippen molar-refractivity contribution < 1.29 is 4.79 Å². The summed E-state index contributed by atoms with van der Waals surface area (Å²) in [6.07, 6.45) is 3.84. The van der Waals surface area contributed by atoms with Crippen molar-refractivity contribution in [2.45, 2.75) is 19.8 Å². The molecule has 2 aromatic rings. The summed E-state index contributed by atoms with van der Waals surface area (Å²) in [5, 5.41) is 8.75. The molecule has 1 amide bonds. The van der Waals surface area contributed by atoms with E-state index in [1.54, 1.807) is 29.1 Å². The minimum atomic E-state index is -0.0132. The SMILES string of the molecule is CCNCC1CCN(C(=O)c2ccn(-c3ccc(Cl)c(Cl)c3)n2)CC1. The highest BCUT2D eigenvalue weighted by Crippen LogP contribution is 2.24. The van der Waals surface area contributed by atoms with E-state index in [9.17, 15) is 4.79 Å². The van der Waals surface area contributed by atoms with E-state index >= 15 is 0 Å². The van der Waals surface area contributed by atoms with Crippen LogP contribution >= 0.6 is 23.2 Å². The average Bonchev–Trinajstić information content (AvgIpc) is 3.12. The molecular formula is C18H22Cl2N4O. The summed E-state index contributed by atoms with van der Waals surface area (Å²) in [7, 11) is 0. The number of nitrogens with zero attached hydrogens (tertiary/aromatic N) is 3. The number of rotatable bonds is 5. The van der Waals surface area contributed by atoms with E-state index in [1.807, 2.05) is 11.0 Å². The quantitative estimate of drug-likeness (QED) is 0.861. The van der Waals surface area contributed by atoms with Crippen LogP contribution in [0.15, 0.2) is 30.5 Å². The summed E-state index contributed by atoms with van der Waals surface area (Å²) < 4.78 is 1.65. The van der Waals surface area contributed by atoms with Crippen LogP contribution in [0.1, 0.15) is 30.3 Å². The van der Waals surface area contributed by atoms with Crippen LogP contribution in [0.3, 0.4) is 0 Å². The fourth-order valence-electron chi connectivity index (χ4n) is 3.06. The molecule has 0 bridgehead atoms. The minimum absolute atomic E-state index is 0.0132. The summed E-state index contributed by atoms with van der Waals surface area (Å²) in [5.41, 5.74) is 1.23. The van der Waals surface area contributed by atoms with Crippen molar-refractivity contribution >= 4 is 29.1 Å². The number of benzene rings is 1. The Labute approximate surface area is 157 Å². The second-order valence-electron chi connectivity index (χ2n) is 6.29. The van der Waals surface area contributed by atoms with Crippen LogP contribution in [0.4, 0.5) is 0 Å². The lowest BCUT2D eigenvalue weighted by molar-refractivity contribution is 0.0684. The molecular weight excluding hydrogens is 359 g/mol. The Bertz CT molecular complexity index is 738. The maximum atomic E-state index is 12.7. The number of nitrogens with one attached hydrogen (secondary N) is 1. The lowest BCUT2D eigenvalue weighted by atomic mass is 9.96. The summed E-state index contributed by atoms with van der Waals surface area (Å²) in [5.74, 6) is 0.637. The van der Waals surface area contributed by atoms with Crippen molar-refractivity contribution in [3.05, 3.63) is 46.2 Å². The lowest BCUT2D eigenvalue weighted by Crippen LogP contribution is -2.41. The average molecular weight is 381 g/mol. The van der Waals surface area contributed by atoms with Crippen molar-refractivity contribution in [3.63, 3.8) is 0 Å². The highest BCUT2D eigenvalue weighted by Gasteiger charge is 2.24. The molecule has 25 heavy (non-hydrogen) atoms. The molecule has 1 aromatic carbocycles. The number of aromatic nitrogens is 2. The van der Waals surface area contributed by atoms with Crippen LogP contribution in [0.25, 0.3) is 5.69 Å². The molecule has 1 aliphatic rings. The summed E-state index contributed by atoms with van der Waals surface area (Å²) in [4.78, 5) is 14.6. The Morgan fingerprint density at radius 3 is 2.68 bits per heavy atom. The molecule has 0 aliphatic carbocycles. The summed E-state index contributed by atoms with van der Waals surface area (Å²) in [6, 6.07) is 7.02. The number of carbonyl (C=O) groups excluding carboxylic acids is 1. The lowest BCUT2D eigenvalue weighted by Gasteiger charge is -2.31. The second kappa shape index (κ2) is 8.21. The molecule has 0 spiro atoms. The normalized spacial score (nSPS) is 15.6. The van der Waals surface area contributed by atoms with E-state index in [0.717, 1.165) is 44.7 Å². The van der Waals surface area contributed by atoms with Crippen LogP contribution in [0, 0.1) is 5.92 Å². The Morgan fingerprint density at radius 1 is 1.24 bits per heavy atom. The predicted octanol–water partition coefficient (Wildman–Crippen LogP) is 3.64. The molecule has 0 atom stereocenters. The molecule has 7 heteroatoms. The van der Waals surface area contributed by atoms with Crippen LogP contribution in [-0.4, -0.2) is 46.8 Å². The monoisotopic (exact) mass is 380 g/mol. The van der Waals surface area contributed by atoms with Gasteiger partial charge in [-0.05, 0) is 56.1 Å². The molecule has 1 aliphatic heterocycles. The first kappa shape index (κ1) is 18.2. The summed E-state index contributed by atoms with van der Waals surface area (Å²) >= 11 is 12.0. The van der Waals surface area contributed by atoms with Crippen molar-refractivity contribution in [1.82, 2.24) is 20.0 Å². The van der Waals surface area contributed by atoms with Crippen LogP contribution in [0.2, 0.25) is 10.0 Å². The molecule has 1 saturated heterocycles. The number of likely N-dealkylation sites (tertiary alicyclic amines) is 1. The van der Waals surface area contributed by atoms with Crippen molar-refractivity contribution in [2.75, 3.05) is 26.2 Å². The summed E-state index contributed by atoms with van der Waals surface area (Å²) in [6.45, 7) is 5.71. The van der Waals surface area contributed by atoms with Gasteiger partial charge in [0.1, 0.15) is 0 Å². The molecule has 1 aromatic heterocycles. The van der Waals surface area contributed by atoms with Gasteiger partial charge in [0.05, 0.1) is 15.7 Å². The third kappa shape index (κ3) is 4.35. The van der Waals surface area contributed by atoms with Gasteiger partial charge in [-0.3, -0.25) is 4.79 Å². The van der Waals surface area contributed by atoms with Gasteiger partial charge in [-0.15, -0.1) is 0 Å². The van der Waals surface area contributed by atoms with Gasteiger partial charge in [0.2, 0.25) is 0 Å². The van der Waals surface area contributed by atoms with Gasteiger partial charge in [-0.25, -0.2) is 4.68 Å². The number of hydrogen-bond donors (Lipinski definition) is 1. The van der Waals surface area contributed by atoms with E-state index in [0.29, 0.717) is 21.7 Å². The smallest absolute Gasteiger partial charge is 0.274 e. The predicted molar refractivity (Wildman–Crippen MR) is 101 cm³/mol. The molecule has 0 radical (unpaired) electrons. The number of carbonyl (C=O) groups is 1. The Balaban J connectivity index is 1.64. The van der Waals surface area contributed by atoms with Gasteiger partial charge >= 0.3 is 0 Å². The standard InChI is InChI=1S/C18H22Cl2N4O/c1-2-21-12-13-5-8-23(9-6-13)18(25)17-7-10-24(22-17)14-3-4-15(19)16(20)11-14/h3-4,7,10-11,13,21H,2,5-6,8-9,12H2,1H3. The molecule has 1 N–H and O–H groups in total. The number of amides is 1. The van der Waals surface area contributed by atoms with Crippen molar-refractivity contribution in [3.8, 4) is 5.69 Å². The highest BCUT2D eigenvalue weighted by molar-refractivity contribution is 6.42. The third-order valence-corrected chi connectivity index (χ3v) is 5.30. The molecule has 1 fully saturated rings. The Hall–Kier alpha value is -1.56. The first-order chi connectivity index (χ1) is 12.1. The van der Waals surface area contributed by atoms with E-state index < -0.39 is 0 Å². The van der Waals surface area contributed by atoms with E-state index in [4.69, 9.17) is 23.2 Å². The van der Waals surface area contributed by atoms with Gasteiger partial charge in [-0.2, -0.15) is 5.10 Å². The number of halogens is 2. The molecule has 2 heterocycles. The zero-order valence-electron chi connectivity index (χ0n) is 14.2. The molecule has 5 nitrogen and oxygen atoms in total. The number of piperidine rings is 1. The van der Waals surface area contributed by atoms with E-state index in [-0.39, 0.29) is 5.91 Å². The molecule has 3 rings (SSSR count). The Kier molecular flexibility index (Phi) is 5.99. The van der Waals surface area contributed by atoms with Gasteiger partial charge in [-0.1, -0.05) is 30.1 Å². The first-order valence-electron chi connectivity index (χ1n) is 8.59. The van der Waals surface area contributed by atoms with Gasteiger partial charge in [0.15, 0.2) is 5.69 Å². The van der Waals surface area contributed by atoms with Crippen LogP contribution < -0.4 is 5.32 Å². The fourth-order valence-corrected chi connectivity index (χ4v) is 3.35. The minimum Gasteiger partial charge on any atom is -0.337 e. The van der Waals surface area contributed by atoms with Crippen LogP contribution in [-0.2, 0) is 0 Å². The van der Waals surface area contributed by atoms with Gasteiger partial charge < -0.3 is 10.2 Å². The largest absolute Gasteiger partial charge is 0.337 e. The first-order valence-corrected chi connectivity index (χ1v) is 9.35. The van der Waals surface area contributed by atoms with Crippen molar-refractivity contribution in [2.24, 2.45) is 5.92 Å². The van der Waals surface area contributed by atoms with E-state index in [2.05, 4.69) is 17.3 Å². The Morgan fingerprint density at radius 2 is 2.00 bits per heavy atom. The fraction of sp³-hybridized carbons (Fsp3) is 0.444. The zero-order valence-corrected chi connectivity index (χ0v) is 15.7. The van der Waals surface area contributed by atoms with Gasteiger partial charge in [0, 0.05) is 19.3 Å². The molecule has 0 saturated carbocycles. The number of hydrogen-bond acceptors (Lipinski definition) is 3. The van der Waals surface area contributed by atoms with E-state index in [1.165, 1.54) is 0 Å². The maximum Gasteiger partial charge on any atom is 0.274 e. The zero-order chi connectivity index (χ0) is 17.8. The van der Waals surface area contributed by atoms with Gasteiger partial charge in [0.25, 0.3) is 5.91 Å². The topological polar surface area (TPSA) is 50.2 Å². The molecule has 0 unspecified atom stereocenters. The van der Waals surface area contributed by atoms with Crippen LogP contribution in [0.5, 0.6) is 0 Å². The third-order valence-electron chi connectivity index (χ3n) is 4.56. The maximum absolute atomic E-state index is 12.7. The molecule has 134 valence electrons. The second-order valence-corrected chi connectivity index (χ2v) is 7.10. The highest BCUT2D eigenvalue weighted by atomic mass is 35.5.